The van der Waals surface area contributed by atoms with Gasteiger partial charge in [-0.15, -0.1) is 11.6 Å². The van der Waals surface area contributed by atoms with Crippen molar-refractivity contribution in [3.8, 4) is 5.75 Å². The first-order valence-corrected chi connectivity index (χ1v) is 12.4. The molecule has 7 rings (SSSR count). The number of ether oxygens (including phenoxy) is 1. The van der Waals surface area contributed by atoms with Gasteiger partial charge < -0.3 is 14.7 Å². The van der Waals surface area contributed by atoms with Crippen LogP contribution in [0.25, 0.3) is 0 Å². The van der Waals surface area contributed by atoms with E-state index in [1.165, 1.54) is 11.0 Å². The molecule has 5 nitrogen and oxygen atoms in total. The molecule has 4 bridgehead atoms. The van der Waals surface area contributed by atoms with Crippen molar-refractivity contribution in [2.24, 2.45) is 17.8 Å². The number of alkyl halides is 1. The molecule has 1 N–H and O–H groups in total. The third kappa shape index (κ3) is 3.41. The molecular formula is C25H29ClFNO4. The van der Waals surface area contributed by atoms with Crippen molar-refractivity contribution in [1.82, 2.24) is 4.90 Å². The summed E-state index contributed by atoms with van der Waals surface area (Å²) in [6.07, 6.45) is 8.42. The Morgan fingerprint density at radius 1 is 1.12 bits per heavy atom. The Balaban J connectivity index is 1.29. The van der Waals surface area contributed by atoms with Crippen LogP contribution in [-0.4, -0.2) is 45.4 Å². The smallest absolute Gasteiger partial charge is 0.326 e. The molecule has 1 aromatic rings. The summed E-state index contributed by atoms with van der Waals surface area (Å²) in [4.78, 5) is 25.8. The standard InChI is InChI=1S/C25H29ClFNO4/c26-25-10-13-6-15(11-25)22(16(7-13)12-25)32-21-9-19(27)18(8-17(21)14-3-4-14)23(29)28-5-1-2-20(28)24(30)31/h8-9,13-16,20,22H,1-7,10-12H2,(H,30,31)/t13?,15?,16?,20-,22-,25-/m0/s1. The molecule has 6 fully saturated rings. The highest BCUT2D eigenvalue weighted by atomic mass is 35.5. The second-order valence-electron chi connectivity index (χ2n) is 10.8. The summed E-state index contributed by atoms with van der Waals surface area (Å²) < 4.78 is 21.8. The minimum absolute atomic E-state index is 0.0304. The molecule has 1 heterocycles. The number of aliphatic carboxylic acids is 1. The van der Waals surface area contributed by atoms with E-state index in [2.05, 4.69) is 0 Å². The lowest BCUT2D eigenvalue weighted by Gasteiger charge is -2.57. The Kier molecular flexibility index (Phi) is 4.76. The van der Waals surface area contributed by atoms with Crippen molar-refractivity contribution in [1.29, 1.82) is 0 Å². The van der Waals surface area contributed by atoms with Gasteiger partial charge in [0.2, 0.25) is 0 Å². The Hall–Kier alpha value is -1.82. The van der Waals surface area contributed by atoms with E-state index in [0.29, 0.717) is 42.9 Å². The fourth-order valence-electron chi connectivity index (χ4n) is 7.19. The number of carboxylic acid groups (broad SMARTS) is 1. The van der Waals surface area contributed by atoms with E-state index >= 15 is 4.39 Å². The van der Waals surface area contributed by atoms with Crippen molar-refractivity contribution in [3.05, 3.63) is 29.1 Å². The molecule has 1 amide bonds. The maximum absolute atomic E-state index is 15.2. The number of hydrogen-bond donors (Lipinski definition) is 1. The largest absolute Gasteiger partial charge is 0.489 e. The Labute approximate surface area is 192 Å². The average Bonchev–Trinajstić information content (AvgIpc) is 3.43. The summed E-state index contributed by atoms with van der Waals surface area (Å²) in [5, 5.41) is 9.43. The number of halogens is 2. The molecule has 7 heteroatoms. The van der Waals surface area contributed by atoms with Crippen molar-refractivity contribution >= 4 is 23.5 Å². The minimum Gasteiger partial charge on any atom is -0.489 e. The van der Waals surface area contributed by atoms with Gasteiger partial charge >= 0.3 is 5.97 Å². The van der Waals surface area contributed by atoms with Gasteiger partial charge in [0.05, 0.1) is 5.56 Å². The van der Waals surface area contributed by atoms with Crippen molar-refractivity contribution in [2.45, 2.75) is 80.7 Å². The minimum atomic E-state index is -1.03. The molecule has 1 saturated heterocycles. The van der Waals surface area contributed by atoms with Gasteiger partial charge in [0.1, 0.15) is 23.7 Å². The van der Waals surface area contributed by atoms with E-state index in [1.54, 1.807) is 6.07 Å². The summed E-state index contributed by atoms with van der Waals surface area (Å²) in [6, 6.07) is 2.15. The van der Waals surface area contributed by atoms with Crippen LogP contribution in [0.3, 0.4) is 0 Å². The Morgan fingerprint density at radius 2 is 1.84 bits per heavy atom. The van der Waals surface area contributed by atoms with Crippen molar-refractivity contribution < 1.29 is 23.8 Å². The lowest BCUT2D eigenvalue weighted by Crippen LogP contribution is -2.56. The van der Waals surface area contributed by atoms with E-state index in [-0.39, 0.29) is 22.5 Å². The molecule has 5 aliphatic carbocycles. The number of rotatable bonds is 5. The van der Waals surface area contributed by atoms with Gasteiger partial charge in [-0.3, -0.25) is 4.79 Å². The second kappa shape index (κ2) is 7.34. The fraction of sp³-hybridized carbons (Fsp3) is 0.680. The maximum atomic E-state index is 15.2. The lowest BCUT2D eigenvalue weighted by molar-refractivity contribution is -0.141. The Morgan fingerprint density at radius 3 is 2.47 bits per heavy atom. The highest BCUT2D eigenvalue weighted by Gasteiger charge is 2.56. The number of carboxylic acids is 1. The number of amides is 1. The van der Waals surface area contributed by atoms with Crippen LogP contribution in [0.15, 0.2) is 12.1 Å². The van der Waals surface area contributed by atoms with Crippen molar-refractivity contribution in [3.63, 3.8) is 0 Å². The first-order chi connectivity index (χ1) is 15.3. The van der Waals surface area contributed by atoms with Gasteiger partial charge in [0.15, 0.2) is 0 Å². The average molecular weight is 462 g/mol. The summed E-state index contributed by atoms with van der Waals surface area (Å²) in [7, 11) is 0. The first-order valence-electron chi connectivity index (χ1n) is 12.0. The van der Waals surface area contributed by atoms with Crippen LogP contribution >= 0.6 is 11.6 Å². The molecule has 6 aliphatic rings. The normalized spacial score (nSPS) is 37.7. The topological polar surface area (TPSA) is 66.8 Å². The van der Waals surface area contributed by atoms with Crippen LogP contribution in [0.4, 0.5) is 4.39 Å². The zero-order valence-corrected chi connectivity index (χ0v) is 18.8. The lowest BCUT2D eigenvalue weighted by atomic mass is 9.54. The third-order valence-corrected chi connectivity index (χ3v) is 8.98. The van der Waals surface area contributed by atoms with Gasteiger partial charge in [0, 0.05) is 17.5 Å². The zero-order valence-electron chi connectivity index (χ0n) is 18.1. The summed E-state index contributed by atoms with van der Waals surface area (Å²) in [6.45, 7) is 0.346. The van der Waals surface area contributed by atoms with E-state index in [9.17, 15) is 14.7 Å². The van der Waals surface area contributed by atoms with Crippen LogP contribution in [0.5, 0.6) is 5.75 Å². The molecular weight excluding hydrogens is 433 g/mol. The summed E-state index contributed by atoms with van der Waals surface area (Å²) in [5.74, 6) is 0.181. The van der Waals surface area contributed by atoms with E-state index in [0.717, 1.165) is 50.5 Å². The second-order valence-corrected chi connectivity index (χ2v) is 11.6. The molecule has 5 saturated carbocycles. The molecule has 172 valence electrons. The molecule has 1 aliphatic heterocycles. The number of carbonyl (C=O) groups excluding carboxylic acids is 1. The highest BCUT2D eigenvalue weighted by Crippen LogP contribution is 2.59. The number of hydrogen-bond acceptors (Lipinski definition) is 3. The number of nitrogens with zero attached hydrogens (tertiary/aromatic N) is 1. The highest BCUT2D eigenvalue weighted by molar-refractivity contribution is 6.24. The van der Waals surface area contributed by atoms with Gasteiger partial charge in [0.25, 0.3) is 5.91 Å². The van der Waals surface area contributed by atoms with Gasteiger partial charge in [-0.25, -0.2) is 9.18 Å². The SMILES string of the molecule is O=C(O)[C@@H]1CCCN1C(=O)c1cc(C2CC2)c(O[C@H]2C3CC4CC2C[C@](Cl)(C4)C3)cc1F. The zero-order chi connectivity index (χ0) is 22.2. The van der Waals surface area contributed by atoms with Gasteiger partial charge in [-0.05, 0) is 93.1 Å². The van der Waals surface area contributed by atoms with Crippen LogP contribution in [0, 0.1) is 23.6 Å². The molecule has 0 aromatic heterocycles. The monoisotopic (exact) mass is 461 g/mol. The quantitative estimate of drug-likeness (QED) is 0.629. The van der Waals surface area contributed by atoms with Gasteiger partial charge in [-0.1, -0.05) is 0 Å². The first kappa shape index (κ1) is 20.8. The predicted octanol–water partition coefficient (Wildman–Crippen LogP) is 4.96. The van der Waals surface area contributed by atoms with E-state index in [1.807, 2.05) is 0 Å². The van der Waals surface area contributed by atoms with Crippen molar-refractivity contribution in [2.75, 3.05) is 6.54 Å². The molecule has 1 aromatic carbocycles. The summed E-state index contributed by atoms with van der Waals surface area (Å²) >= 11 is 6.87. The predicted molar refractivity (Wildman–Crippen MR) is 117 cm³/mol. The fourth-order valence-corrected chi connectivity index (χ4v) is 7.80. The Bertz CT molecular complexity index is 963. The van der Waals surface area contributed by atoms with Crippen LogP contribution in [0.1, 0.15) is 79.6 Å². The summed E-state index contributed by atoms with van der Waals surface area (Å²) in [5.41, 5.74) is 0.868. The maximum Gasteiger partial charge on any atom is 0.326 e. The van der Waals surface area contributed by atoms with Crippen LogP contribution < -0.4 is 4.74 Å². The third-order valence-electron chi connectivity index (χ3n) is 8.52. The molecule has 0 spiro atoms. The molecule has 3 atom stereocenters. The molecule has 0 radical (unpaired) electrons. The molecule has 2 unspecified atom stereocenters. The van der Waals surface area contributed by atoms with Crippen LogP contribution in [-0.2, 0) is 4.79 Å². The number of carbonyl (C=O) groups is 2. The van der Waals surface area contributed by atoms with E-state index < -0.39 is 23.7 Å². The number of likely N-dealkylation sites (tertiary alicyclic amines) is 1. The molecule has 32 heavy (non-hydrogen) atoms. The van der Waals surface area contributed by atoms with Gasteiger partial charge in [-0.2, -0.15) is 0 Å². The van der Waals surface area contributed by atoms with E-state index in [4.69, 9.17) is 16.3 Å². The number of benzene rings is 1. The van der Waals surface area contributed by atoms with Crippen LogP contribution in [0.2, 0.25) is 0 Å².